The van der Waals surface area contributed by atoms with Gasteiger partial charge in [-0.3, -0.25) is 0 Å². The van der Waals surface area contributed by atoms with E-state index in [1.165, 1.54) is 6.33 Å². The minimum absolute atomic E-state index is 0. The number of fused-ring (bicyclic) bond motifs is 1. The molecule has 3 rings (SSSR count). The first kappa shape index (κ1) is 14.9. The number of nitrogens with zero attached hydrogens (tertiary/aromatic N) is 3. The van der Waals surface area contributed by atoms with E-state index in [-0.39, 0.29) is 24.0 Å². The summed E-state index contributed by atoms with van der Waals surface area (Å²) >= 11 is 0. The summed E-state index contributed by atoms with van der Waals surface area (Å²) < 4.78 is 5.33. The summed E-state index contributed by atoms with van der Waals surface area (Å²) in [6, 6.07) is 0. The second-order valence-electron chi connectivity index (χ2n) is 4.33. The molecule has 4 atom stereocenters. The lowest BCUT2D eigenvalue weighted by molar-refractivity contribution is -0.0251. The van der Waals surface area contributed by atoms with Crippen LogP contribution in [-0.4, -0.2) is 60.2 Å². The zero-order chi connectivity index (χ0) is 13.6. The maximum absolute atomic E-state index is 9.89. The Bertz CT molecular complexity index is 608. The number of rotatable bonds is 2. The Hall–Kier alpha value is -1.52. The molecule has 10 heteroatoms. The number of nitrogen functional groups attached to an aromatic ring is 1. The van der Waals surface area contributed by atoms with Gasteiger partial charge in [-0.25, -0.2) is 15.0 Å². The summed E-state index contributed by atoms with van der Waals surface area (Å²) in [6.45, 7) is -0.408. The van der Waals surface area contributed by atoms with E-state index in [1.54, 1.807) is 0 Å². The van der Waals surface area contributed by atoms with Gasteiger partial charge in [0.1, 0.15) is 29.9 Å². The molecule has 0 aliphatic carbocycles. The number of halogens is 1. The largest absolute Gasteiger partial charge is 0.394 e. The molecule has 1 fully saturated rings. The standard InChI is InChI=1S/C10H13N5O4.ClH/c11-8-4-9(13-2-12-4)15-10(14-8)7-6(18)5(17)3(1-16)19-7;/h2-3,5-7,16-18H,1H2,(H3,11,12,13,14,15);1H/t3-,5-,6+,7?;/m1./s1. The van der Waals surface area contributed by atoms with E-state index in [9.17, 15) is 10.2 Å². The van der Waals surface area contributed by atoms with Gasteiger partial charge in [-0.05, 0) is 0 Å². The smallest absolute Gasteiger partial charge is 0.183 e. The van der Waals surface area contributed by atoms with Crippen LogP contribution in [0.15, 0.2) is 6.33 Å². The van der Waals surface area contributed by atoms with Crippen LogP contribution in [0.5, 0.6) is 0 Å². The highest BCUT2D eigenvalue weighted by Gasteiger charge is 2.44. The van der Waals surface area contributed by atoms with Crippen molar-refractivity contribution in [3.63, 3.8) is 0 Å². The average molecular weight is 304 g/mol. The van der Waals surface area contributed by atoms with Crippen LogP contribution in [0.3, 0.4) is 0 Å². The lowest BCUT2D eigenvalue weighted by Gasteiger charge is -2.13. The lowest BCUT2D eigenvalue weighted by atomic mass is 10.1. The van der Waals surface area contributed by atoms with E-state index in [2.05, 4.69) is 19.9 Å². The molecule has 1 saturated heterocycles. The highest BCUT2D eigenvalue weighted by atomic mass is 35.5. The first-order chi connectivity index (χ1) is 9.11. The Morgan fingerprint density at radius 2 is 2.05 bits per heavy atom. The number of aromatic amines is 1. The number of anilines is 1. The molecule has 0 saturated carbocycles. The maximum atomic E-state index is 9.89. The molecule has 0 aromatic carbocycles. The van der Waals surface area contributed by atoms with Crippen molar-refractivity contribution < 1.29 is 20.1 Å². The summed E-state index contributed by atoms with van der Waals surface area (Å²) in [5, 5.41) is 28.6. The van der Waals surface area contributed by atoms with Crippen molar-refractivity contribution in [1.29, 1.82) is 0 Å². The molecule has 9 nitrogen and oxygen atoms in total. The highest BCUT2D eigenvalue weighted by molar-refractivity contribution is 5.85. The molecule has 1 aliphatic heterocycles. The second kappa shape index (κ2) is 5.46. The number of hydrogen-bond acceptors (Lipinski definition) is 8. The van der Waals surface area contributed by atoms with Crippen LogP contribution in [0, 0.1) is 0 Å². The van der Waals surface area contributed by atoms with Crippen LogP contribution in [0.1, 0.15) is 11.9 Å². The van der Waals surface area contributed by atoms with Crippen molar-refractivity contribution in [2.75, 3.05) is 12.3 Å². The molecule has 0 radical (unpaired) electrons. The molecular formula is C10H14ClN5O4. The Kier molecular flexibility index (Phi) is 4.06. The number of H-pyrrole nitrogens is 1. The van der Waals surface area contributed by atoms with Crippen molar-refractivity contribution in [2.24, 2.45) is 0 Å². The maximum Gasteiger partial charge on any atom is 0.183 e. The minimum atomic E-state index is -1.23. The zero-order valence-electron chi connectivity index (χ0n) is 10.2. The molecular weight excluding hydrogens is 290 g/mol. The number of nitrogens with two attached hydrogens (primary N) is 1. The molecule has 110 valence electrons. The molecule has 1 unspecified atom stereocenters. The van der Waals surface area contributed by atoms with Crippen molar-refractivity contribution in [3.05, 3.63) is 12.2 Å². The number of aliphatic hydroxyl groups excluding tert-OH is 3. The van der Waals surface area contributed by atoms with Gasteiger partial charge >= 0.3 is 0 Å². The average Bonchev–Trinajstić information content (AvgIpc) is 2.96. The minimum Gasteiger partial charge on any atom is -0.394 e. The summed E-state index contributed by atoms with van der Waals surface area (Å²) in [7, 11) is 0. The Morgan fingerprint density at radius 1 is 1.30 bits per heavy atom. The first-order valence-corrected chi connectivity index (χ1v) is 5.70. The fourth-order valence-corrected chi connectivity index (χ4v) is 2.11. The third-order valence-corrected chi connectivity index (χ3v) is 3.13. The van der Waals surface area contributed by atoms with Crippen LogP contribution in [0.2, 0.25) is 0 Å². The number of imidazole rings is 1. The van der Waals surface area contributed by atoms with Crippen LogP contribution < -0.4 is 5.73 Å². The van der Waals surface area contributed by atoms with Gasteiger partial charge in [-0.2, -0.15) is 0 Å². The van der Waals surface area contributed by atoms with Gasteiger partial charge in [0.15, 0.2) is 17.3 Å². The molecule has 2 aromatic heterocycles. The monoisotopic (exact) mass is 303 g/mol. The molecule has 0 spiro atoms. The Labute approximate surface area is 119 Å². The van der Waals surface area contributed by atoms with E-state index >= 15 is 0 Å². The Balaban J connectivity index is 0.00000147. The highest BCUT2D eigenvalue weighted by Crippen LogP contribution is 2.32. The van der Waals surface area contributed by atoms with E-state index in [0.29, 0.717) is 11.2 Å². The van der Waals surface area contributed by atoms with Gasteiger partial charge in [0, 0.05) is 0 Å². The SMILES string of the molecule is Cl.Nc1nc(C2O[C@H](CO)[C@@H](O)[C@@H]2O)nc2nc[nH]c12. The van der Waals surface area contributed by atoms with Crippen LogP contribution in [0.4, 0.5) is 5.82 Å². The number of aromatic nitrogens is 4. The topological polar surface area (TPSA) is 150 Å². The fourth-order valence-electron chi connectivity index (χ4n) is 2.11. The first-order valence-electron chi connectivity index (χ1n) is 5.70. The van der Waals surface area contributed by atoms with Gasteiger partial charge in [-0.1, -0.05) is 0 Å². The second-order valence-corrected chi connectivity index (χ2v) is 4.33. The quantitative estimate of drug-likeness (QED) is 0.450. The summed E-state index contributed by atoms with van der Waals surface area (Å²) in [5.41, 5.74) is 6.59. The van der Waals surface area contributed by atoms with Crippen LogP contribution in [0.25, 0.3) is 11.2 Å². The van der Waals surface area contributed by atoms with Gasteiger partial charge in [0.05, 0.1) is 12.9 Å². The van der Waals surface area contributed by atoms with E-state index in [0.717, 1.165) is 0 Å². The third kappa shape index (κ3) is 2.19. The molecule has 0 amide bonds. The molecule has 6 N–H and O–H groups in total. The van der Waals surface area contributed by atoms with Gasteiger partial charge in [0.2, 0.25) is 0 Å². The normalized spacial score (nSPS) is 29.6. The van der Waals surface area contributed by atoms with E-state index in [4.69, 9.17) is 15.6 Å². The van der Waals surface area contributed by atoms with Gasteiger partial charge in [0.25, 0.3) is 0 Å². The molecule has 0 bridgehead atoms. The van der Waals surface area contributed by atoms with Gasteiger partial charge in [-0.15, -0.1) is 12.4 Å². The molecule has 3 heterocycles. The van der Waals surface area contributed by atoms with Crippen molar-refractivity contribution in [1.82, 2.24) is 19.9 Å². The number of ether oxygens (including phenoxy) is 1. The van der Waals surface area contributed by atoms with Crippen LogP contribution in [-0.2, 0) is 4.74 Å². The number of hydrogen-bond donors (Lipinski definition) is 5. The summed E-state index contributed by atoms with van der Waals surface area (Å²) in [4.78, 5) is 14.9. The third-order valence-electron chi connectivity index (χ3n) is 3.13. The van der Waals surface area contributed by atoms with Gasteiger partial charge < -0.3 is 30.8 Å². The zero-order valence-corrected chi connectivity index (χ0v) is 11.0. The lowest BCUT2D eigenvalue weighted by Crippen LogP contribution is -2.32. The van der Waals surface area contributed by atoms with E-state index < -0.39 is 31.0 Å². The van der Waals surface area contributed by atoms with Crippen molar-refractivity contribution >= 4 is 29.4 Å². The van der Waals surface area contributed by atoms with Crippen molar-refractivity contribution in [3.8, 4) is 0 Å². The van der Waals surface area contributed by atoms with Crippen molar-refractivity contribution in [2.45, 2.75) is 24.4 Å². The van der Waals surface area contributed by atoms with E-state index in [1.807, 2.05) is 0 Å². The summed E-state index contributed by atoms with van der Waals surface area (Å²) in [5.74, 6) is 0.301. The predicted molar refractivity (Wildman–Crippen MR) is 70.1 cm³/mol. The molecule has 20 heavy (non-hydrogen) atoms. The molecule has 2 aromatic rings. The fraction of sp³-hybridized carbons (Fsp3) is 0.500. The number of nitrogens with one attached hydrogen (secondary N) is 1. The summed E-state index contributed by atoms with van der Waals surface area (Å²) in [6.07, 6.45) is -2.82. The molecule has 1 aliphatic rings. The van der Waals surface area contributed by atoms with Crippen LogP contribution >= 0.6 is 12.4 Å². The predicted octanol–water partition coefficient (Wildman–Crippen LogP) is -1.49. The number of aliphatic hydroxyl groups is 3. The Morgan fingerprint density at radius 3 is 2.70 bits per heavy atom.